The number of pyridine rings is 1. The highest BCUT2D eigenvalue weighted by Crippen LogP contribution is 2.35. The van der Waals surface area contributed by atoms with E-state index >= 15 is 0 Å². The Bertz CT molecular complexity index is 560. The van der Waals surface area contributed by atoms with Gasteiger partial charge in [-0.3, -0.25) is 9.17 Å². The molecule has 4 nitrogen and oxygen atoms in total. The first-order valence-corrected chi connectivity index (χ1v) is 7.67. The summed E-state index contributed by atoms with van der Waals surface area (Å²) in [5, 5.41) is 0. The lowest BCUT2D eigenvalue weighted by Gasteiger charge is -2.18. The van der Waals surface area contributed by atoms with Crippen molar-refractivity contribution in [2.45, 2.75) is 25.6 Å². The average Bonchev–Trinajstić information content (AvgIpc) is 2.23. The van der Waals surface area contributed by atoms with E-state index < -0.39 is 28.8 Å². The highest BCUT2D eigenvalue weighted by atomic mass is 79.9. The molecule has 1 heterocycles. The molecule has 0 fully saturated rings. The summed E-state index contributed by atoms with van der Waals surface area (Å²) in [4.78, 5) is 3.70. The molecule has 19 heavy (non-hydrogen) atoms. The smallest absolute Gasteiger partial charge is 0.265 e. The third kappa shape index (κ3) is 5.07. The van der Waals surface area contributed by atoms with E-state index in [4.69, 9.17) is 0 Å². The van der Waals surface area contributed by atoms with E-state index in [9.17, 15) is 21.6 Å². The Hall–Kier alpha value is -0.670. The molecule has 0 unspecified atom stereocenters. The first kappa shape index (κ1) is 16.4. The molecular formula is C10H11BrF3NO3S. The van der Waals surface area contributed by atoms with Crippen LogP contribution < -0.4 is 0 Å². The third-order valence-electron chi connectivity index (χ3n) is 2.30. The van der Waals surface area contributed by atoms with Gasteiger partial charge in [0.2, 0.25) is 0 Å². The van der Waals surface area contributed by atoms with E-state index in [1.165, 1.54) is 12.3 Å². The van der Waals surface area contributed by atoms with E-state index in [-0.39, 0.29) is 11.3 Å². The fourth-order valence-corrected chi connectivity index (χ4v) is 2.04. The van der Waals surface area contributed by atoms with Gasteiger partial charge in [-0.25, -0.2) is 0 Å². The third-order valence-corrected chi connectivity index (χ3v) is 3.28. The van der Waals surface area contributed by atoms with Gasteiger partial charge < -0.3 is 0 Å². The van der Waals surface area contributed by atoms with Gasteiger partial charge in [-0.15, -0.1) is 0 Å². The highest BCUT2D eigenvalue weighted by Gasteiger charge is 2.39. The lowest BCUT2D eigenvalue weighted by atomic mass is 10.0. The molecule has 0 saturated carbocycles. The summed E-state index contributed by atoms with van der Waals surface area (Å²) in [7, 11) is -3.74. The van der Waals surface area contributed by atoms with Gasteiger partial charge in [0, 0.05) is 16.2 Å². The van der Waals surface area contributed by atoms with Crippen LogP contribution in [0.1, 0.15) is 24.1 Å². The molecule has 108 valence electrons. The minimum absolute atomic E-state index is 0.0737. The van der Waals surface area contributed by atoms with E-state index in [0.29, 0.717) is 4.47 Å². The van der Waals surface area contributed by atoms with Crippen LogP contribution in [-0.4, -0.2) is 25.8 Å². The molecule has 0 aliphatic carbocycles. The second kappa shape index (κ2) is 5.76. The maximum Gasteiger partial charge on any atom is 0.396 e. The van der Waals surface area contributed by atoms with Crippen molar-refractivity contribution < 1.29 is 25.8 Å². The van der Waals surface area contributed by atoms with Crippen LogP contribution in [0.15, 0.2) is 16.7 Å². The lowest BCUT2D eigenvalue weighted by Crippen LogP contribution is -2.21. The molecule has 0 amide bonds. The van der Waals surface area contributed by atoms with Crippen LogP contribution in [-0.2, 0) is 20.9 Å². The second-order valence-corrected chi connectivity index (χ2v) is 6.49. The molecule has 0 bridgehead atoms. The minimum atomic E-state index is -4.46. The molecule has 1 aromatic heterocycles. The monoisotopic (exact) mass is 361 g/mol. The van der Waals surface area contributed by atoms with E-state index in [1.807, 2.05) is 0 Å². The number of nitrogens with zero attached hydrogens (tertiary/aromatic N) is 1. The Morgan fingerprint density at radius 3 is 2.53 bits per heavy atom. The van der Waals surface area contributed by atoms with Gasteiger partial charge in [-0.1, -0.05) is 0 Å². The fraction of sp³-hybridized carbons (Fsp3) is 0.500. The van der Waals surface area contributed by atoms with Gasteiger partial charge in [0.25, 0.3) is 10.1 Å². The van der Waals surface area contributed by atoms with Gasteiger partial charge in [0.1, 0.15) is 0 Å². The topological polar surface area (TPSA) is 56.3 Å². The van der Waals surface area contributed by atoms with Crippen molar-refractivity contribution in [2.75, 3.05) is 6.26 Å². The van der Waals surface area contributed by atoms with E-state index in [1.54, 1.807) is 0 Å². The van der Waals surface area contributed by atoms with Crippen molar-refractivity contribution in [1.29, 1.82) is 0 Å². The van der Waals surface area contributed by atoms with Crippen LogP contribution in [0, 0.1) is 0 Å². The molecule has 0 aliphatic rings. The molecule has 0 aromatic carbocycles. The Kier molecular flexibility index (Phi) is 4.97. The zero-order valence-electron chi connectivity index (χ0n) is 10.0. The van der Waals surface area contributed by atoms with Crippen LogP contribution in [0.4, 0.5) is 13.2 Å². The van der Waals surface area contributed by atoms with Gasteiger partial charge in [0.15, 0.2) is 0 Å². The summed E-state index contributed by atoms with van der Waals surface area (Å²) in [6.07, 6.45) is -2.41. The molecule has 0 aliphatic heterocycles. The number of hydrogen-bond donors (Lipinski definition) is 0. The zero-order valence-corrected chi connectivity index (χ0v) is 12.4. The van der Waals surface area contributed by atoms with Crippen LogP contribution in [0.3, 0.4) is 0 Å². The van der Waals surface area contributed by atoms with Crippen molar-refractivity contribution in [1.82, 2.24) is 4.98 Å². The van der Waals surface area contributed by atoms with Crippen molar-refractivity contribution in [3.8, 4) is 0 Å². The standard InChI is InChI=1S/C10H11BrF3NO3S/c1-6(10(12,13)14)9-7(3-8(11)4-15-9)5-18-19(2,16)17/h3-4,6H,5H2,1-2H3/t6-/m1/s1. The number of alkyl halides is 3. The van der Waals surface area contributed by atoms with Gasteiger partial charge in [-0.05, 0) is 28.9 Å². The molecule has 0 spiro atoms. The maximum atomic E-state index is 12.7. The van der Waals surface area contributed by atoms with Crippen LogP contribution in [0.25, 0.3) is 0 Å². The summed E-state index contributed by atoms with van der Waals surface area (Å²) in [5.74, 6) is -1.81. The summed E-state index contributed by atoms with van der Waals surface area (Å²) in [6.45, 7) is 0.473. The molecule has 9 heteroatoms. The van der Waals surface area contributed by atoms with E-state index in [2.05, 4.69) is 25.1 Å². The average molecular weight is 362 g/mol. The molecule has 0 radical (unpaired) electrons. The molecule has 1 aromatic rings. The number of hydrogen-bond acceptors (Lipinski definition) is 4. The molecule has 1 rings (SSSR count). The molecule has 1 atom stereocenters. The Balaban J connectivity index is 3.11. The van der Waals surface area contributed by atoms with Crippen molar-refractivity contribution in [3.63, 3.8) is 0 Å². The first-order valence-electron chi connectivity index (χ1n) is 5.06. The van der Waals surface area contributed by atoms with Crippen LogP contribution in [0.2, 0.25) is 0 Å². The maximum absolute atomic E-state index is 12.7. The SMILES string of the molecule is C[C@H](c1ncc(Br)cc1COS(C)(=O)=O)C(F)(F)F. The Morgan fingerprint density at radius 1 is 1.47 bits per heavy atom. The minimum Gasteiger partial charge on any atom is -0.265 e. The summed E-state index contributed by atoms with van der Waals surface area (Å²) >= 11 is 3.07. The van der Waals surface area contributed by atoms with Gasteiger partial charge >= 0.3 is 6.18 Å². The summed E-state index contributed by atoms with van der Waals surface area (Å²) in [6, 6.07) is 1.36. The van der Waals surface area contributed by atoms with Crippen molar-refractivity contribution in [2.24, 2.45) is 0 Å². The number of rotatable bonds is 4. The Labute approximate surface area is 117 Å². The second-order valence-electron chi connectivity index (χ2n) is 3.93. The predicted octanol–water partition coefficient (Wildman–Crippen LogP) is 2.99. The first-order chi connectivity index (χ1) is 8.50. The lowest BCUT2D eigenvalue weighted by molar-refractivity contribution is -0.147. The van der Waals surface area contributed by atoms with Gasteiger partial charge in [0.05, 0.1) is 24.5 Å². The normalized spacial score (nSPS) is 14.4. The molecular weight excluding hydrogens is 351 g/mol. The number of aromatic nitrogens is 1. The predicted molar refractivity (Wildman–Crippen MR) is 66.0 cm³/mol. The van der Waals surface area contributed by atoms with E-state index in [0.717, 1.165) is 13.2 Å². The van der Waals surface area contributed by atoms with Gasteiger partial charge in [-0.2, -0.15) is 21.6 Å². The van der Waals surface area contributed by atoms with Crippen LogP contribution >= 0.6 is 15.9 Å². The summed E-state index contributed by atoms with van der Waals surface area (Å²) in [5.41, 5.74) is -0.177. The zero-order chi connectivity index (χ0) is 14.8. The van der Waals surface area contributed by atoms with Crippen molar-refractivity contribution in [3.05, 3.63) is 28.0 Å². The Morgan fingerprint density at radius 2 is 2.05 bits per heavy atom. The fourth-order valence-electron chi connectivity index (χ4n) is 1.32. The molecule has 0 saturated heterocycles. The largest absolute Gasteiger partial charge is 0.396 e. The van der Waals surface area contributed by atoms with Crippen LogP contribution in [0.5, 0.6) is 0 Å². The quantitative estimate of drug-likeness (QED) is 0.773. The molecule has 0 N–H and O–H groups in total. The summed E-state index contributed by atoms with van der Waals surface area (Å²) < 4.78 is 64.8. The van der Waals surface area contributed by atoms with Crippen molar-refractivity contribution >= 4 is 26.0 Å². The number of halogens is 4. The highest BCUT2D eigenvalue weighted by molar-refractivity contribution is 9.10.